The first-order valence-electron chi connectivity index (χ1n) is 10.4. The van der Waals surface area contributed by atoms with Crippen LogP contribution >= 0.6 is 0 Å². The molecule has 28 heavy (non-hydrogen) atoms. The average Bonchev–Trinajstić information content (AvgIpc) is 2.74. The molecule has 3 rings (SSSR count). The Kier molecular flexibility index (Phi) is 7.72. The third kappa shape index (κ3) is 5.71. The molecule has 0 amide bonds. The third-order valence-electron chi connectivity index (χ3n) is 5.72. The Hall–Kier alpha value is -2.07. The number of likely N-dealkylation sites (tertiary alicyclic amines) is 1. The largest absolute Gasteiger partial charge is 0.497 e. The second kappa shape index (κ2) is 10.5. The predicted molar refractivity (Wildman–Crippen MR) is 112 cm³/mol. The smallest absolute Gasteiger partial charge is 0.123 e. The van der Waals surface area contributed by atoms with Crippen LogP contribution in [0.4, 0.5) is 4.39 Å². The van der Waals surface area contributed by atoms with Crippen LogP contribution in [0.3, 0.4) is 0 Å². The van der Waals surface area contributed by atoms with E-state index in [-0.39, 0.29) is 5.82 Å². The maximum absolute atomic E-state index is 13.4. The van der Waals surface area contributed by atoms with Gasteiger partial charge in [-0.15, -0.1) is 0 Å². The van der Waals surface area contributed by atoms with Crippen molar-refractivity contribution < 1.29 is 13.9 Å². The van der Waals surface area contributed by atoms with Crippen molar-refractivity contribution in [2.75, 3.05) is 33.4 Å². The number of halogens is 1. The van der Waals surface area contributed by atoms with Crippen LogP contribution in [0, 0.1) is 11.7 Å². The second-order valence-corrected chi connectivity index (χ2v) is 7.70. The Bertz CT molecular complexity index is 702. The lowest BCUT2D eigenvalue weighted by Crippen LogP contribution is -2.42. The van der Waals surface area contributed by atoms with E-state index in [1.54, 1.807) is 19.2 Å². The molecule has 1 fully saturated rings. The lowest BCUT2D eigenvalue weighted by molar-refractivity contribution is 0.109. The number of rotatable bonds is 9. The normalized spacial score (nSPS) is 20.1. The molecule has 0 unspecified atom stereocenters. The minimum Gasteiger partial charge on any atom is -0.497 e. The molecule has 0 saturated carbocycles. The monoisotopic (exact) mass is 385 g/mol. The summed E-state index contributed by atoms with van der Waals surface area (Å²) in [6, 6.07) is 14.8. The third-order valence-corrected chi connectivity index (χ3v) is 5.72. The van der Waals surface area contributed by atoms with Crippen molar-refractivity contribution in [2.24, 2.45) is 5.92 Å². The number of ether oxygens (including phenoxy) is 2. The van der Waals surface area contributed by atoms with Gasteiger partial charge in [0.15, 0.2) is 0 Å². The Morgan fingerprint density at radius 2 is 1.71 bits per heavy atom. The number of hydrogen-bond acceptors (Lipinski definition) is 3. The van der Waals surface area contributed by atoms with E-state index >= 15 is 0 Å². The van der Waals surface area contributed by atoms with Gasteiger partial charge in [0.2, 0.25) is 0 Å². The fraction of sp³-hybridized carbons (Fsp3) is 0.500. The SMILES string of the molecule is CCCCCN1CC[C@H](c2ccc(F)cc2)[C@@H](COc2ccc(OC)cc2)C1. The van der Waals surface area contributed by atoms with E-state index in [0.717, 1.165) is 37.6 Å². The fourth-order valence-electron chi connectivity index (χ4n) is 4.09. The van der Waals surface area contributed by atoms with E-state index in [1.165, 1.54) is 24.8 Å². The van der Waals surface area contributed by atoms with E-state index in [4.69, 9.17) is 9.47 Å². The maximum atomic E-state index is 13.4. The summed E-state index contributed by atoms with van der Waals surface area (Å²) in [4.78, 5) is 2.57. The molecule has 2 aromatic rings. The van der Waals surface area contributed by atoms with E-state index in [2.05, 4.69) is 11.8 Å². The molecule has 0 bridgehead atoms. The van der Waals surface area contributed by atoms with Crippen molar-refractivity contribution in [3.8, 4) is 11.5 Å². The van der Waals surface area contributed by atoms with Gasteiger partial charge in [0.05, 0.1) is 13.7 Å². The number of hydrogen-bond donors (Lipinski definition) is 0. The maximum Gasteiger partial charge on any atom is 0.123 e. The van der Waals surface area contributed by atoms with Crippen LogP contribution in [-0.2, 0) is 0 Å². The molecule has 1 heterocycles. The van der Waals surface area contributed by atoms with Gasteiger partial charge in [-0.1, -0.05) is 31.9 Å². The van der Waals surface area contributed by atoms with Gasteiger partial charge in [-0.25, -0.2) is 4.39 Å². The van der Waals surface area contributed by atoms with Gasteiger partial charge in [0.25, 0.3) is 0 Å². The zero-order valence-corrected chi connectivity index (χ0v) is 17.1. The molecule has 2 aromatic carbocycles. The van der Waals surface area contributed by atoms with Gasteiger partial charge in [0, 0.05) is 12.5 Å². The highest BCUT2D eigenvalue weighted by Gasteiger charge is 2.30. The molecule has 1 aliphatic heterocycles. The Balaban J connectivity index is 1.66. The molecule has 152 valence electrons. The van der Waals surface area contributed by atoms with Gasteiger partial charge in [-0.2, -0.15) is 0 Å². The summed E-state index contributed by atoms with van der Waals surface area (Å²) in [6.07, 6.45) is 4.87. The summed E-state index contributed by atoms with van der Waals surface area (Å²) in [5, 5.41) is 0. The van der Waals surface area contributed by atoms with Crippen molar-refractivity contribution in [3.05, 3.63) is 59.9 Å². The Morgan fingerprint density at radius 1 is 1.00 bits per heavy atom. The summed E-state index contributed by atoms with van der Waals surface area (Å²) < 4.78 is 24.7. The summed E-state index contributed by atoms with van der Waals surface area (Å²) >= 11 is 0. The molecule has 0 radical (unpaired) electrons. The first-order valence-corrected chi connectivity index (χ1v) is 10.4. The van der Waals surface area contributed by atoms with Crippen LogP contribution < -0.4 is 9.47 Å². The zero-order chi connectivity index (χ0) is 19.8. The van der Waals surface area contributed by atoms with Crippen molar-refractivity contribution in [2.45, 2.75) is 38.5 Å². The van der Waals surface area contributed by atoms with Crippen LogP contribution in [0.15, 0.2) is 48.5 Å². The molecule has 3 nitrogen and oxygen atoms in total. The number of benzene rings is 2. The van der Waals surface area contributed by atoms with E-state index in [1.807, 2.05) is 36.4 Å². The van der Waals surface area contributed by atoms with E-state index in [9.17, 15) is 4.39 Å². The lowest BCUT2D eigenvalue weighted by Gasteiger charge is -2.39. The quantitative estimate of drug-likeness (QED) is 0.531. The average molecular weight is 386 g/mol. The summed E-state index contributed by atoms with van der Waals surface area (Å²) in [5.41, 5.74) is 1.22. The van der Waals surface area contributed by atoms with E-state index < -0.39 is 0 Å². The summed E-state index contributed by atoms with van der Waals surface area (Å²) in [6.45, 7) is 6.20. The van der Waals surface area contributed by atoms with Gasteiger partial charge in [0.1, 0.15) is 17.3 Å². The molecule has 0 aromatic heterocycles. The number of methoxy groups -OCH3 is 1. The number of nitrogens with zero attached hydrogens (tertiary/aromatic N) is 1. The van der Waals surface area contributed by atoms with Gasteiger partial charge in [-0.05, 0) is 73.8 Å². The molecule has 2 atom stereocenters. The Labute approximate surface area is 168 Å². The summed E-state index contributed by atoms with van der Waals surface area (Å²) in [7, 11) is 1.66. The Morgan fingerprint density at radius 3 is 2.39 bits per heavy atom. The molecule has 4 heteroatoms. The standard InChI is InChI=1S/C24H32FNO2/c1-3-4-5-15-26-16-14-24(19-6-8-21(25)9-7-19)20(17-26)18-28-23-12-10-22(27-2)11-13-23/h6-13,20,24H,3-5,14-18H2,1-2H3/t20-,24-/m1/s1. The van der Waals surface area contributed by atoms with E-state index in [0.29, 0.717) is 18.4 Å². The number of piperidine rings is 1. The molecule has 1 saturated heterocycles. The highest BCUT2D eigenvalue weighted by atomic mass is 19.1. The molecule has 1 aliphatic rings. The van der Waals surface area contributed by atoms with Gasteiger partial charge >= 0.3 is 0 Å². The first kappa shape index (κ1) is 20.7. The second-order valence-electron chi connectivity index (χ2n) is 7.70. The van der Waals surface area contributed by atoms with Crippen molar-refractivity contribution in [3.63, 3.8) is 0 Å². The summed E-state index contributed by atoms with van der Waals surface area (Å²) in [5.74, 6) is 2.31. The lowest BCUT2D eigenvalue weighted by atomic mass is 9.80. The van der Waals surface area contributed by atoms with Crippen molar-refractivity contribution in [1.29, 1.82) is 0 Å². The van der Waals surface area contributed by atoms with Gasteiger partial charge < -0.3 is 14.4 Å². The molecule has 0 N–H and O–H groups in total. The zero-order valence-electron chi connectivity index (χ0n) is 17.1. The van der Waals surface area contributed by atoms with Crippen molar-refractivity contribution >= 4 is 0 Å². The molecule has 0 spiro atoms. The minimum atomic E-state index is -0.174. The predicted octanol–water partition coefficient (Wildman–Crippen LogP) is 5.51. The molecular weight excluding hydrogens is 353 g/mol. The molecular formula is C24H32FNO2. The van der Waals surface area contributed by atoms with Crippen LogP contribution in [0.2, 0.25) is 0 Å². The van der Waals surface area contributed by atoms with Gasteiger partial charge in [-0.3, -0.25) is 0 Å². The topological polar surface area (TPSA) is 21.7 Å². The number of unbranched alkanes of at least 4 members (excludes halogenated alkanes) is 2. The first-order chi connectivity index (χ1) is 13.7. The molecule has 0 aliphatic carbocycles. The highest BCUT2D eigenvalue weighted by molar-refractivity contribution is 5.31. The fourth-order valence-corrected chi connectivity index (χ4v) is 4.09. The van der Waals surface area contributed by atoms with Crippen LogP contribution in [0.1, 0.15) is 44.1 Å². The minimum absolute atomic E-state index is 0.174. The van der Waals surface area contributed by atoms with Crippen LogP contribution in [0.25, 0.3) is 0 Å². The highest BCUT2D eigenvalue weighted by Crippen LogP contribution is 2.34. The van der Waals surface area contributed by atoms with Crippen LogP contribution in [0.5, 0.6) is 11.5 Å². The van der Waals surface area contributed by atoms with Crippen molar-refractivity contribution in [1.82, 2.24) is 4.90 Å². The van der Waals surface area contributed by atoms with Crippen LogP contribution in [-0.4, -0.2) is 38.3 Å².